The molecule has 0 spiro atoms. The number of hydrogen-bond acceptors (Lipinski definition) is 5. The maximum atomic E-state index is 12.2. The second kappa shape index (κ2) is 7.05. The molecule has 0 bridgehead atoms. The van der Waals surface area contributed by atoms with Crippen LogP contribution in [0.3, 0.4) is 0 Å². The van der Waals surface area contributed by atoms with Crippen molar-refractivity contribution in [2.75, 3.05) is 0 Å². The molecule has 4 rings (SSSR count). The normalized spacial score (nSPS) is 16.8. The smallest absolute Gasteiger partial charge is 0.269 e. The van der Waals surface area contributed by atoms with Crippen molar-refractivity contribution in [3.8, 4) is 0 Å². The number of amides is 1. The number of nitro benzene ring substituents is 1. The predicted molar refractivity (Wildman–Crippen MR) is 108 cm³/mol. The van der Waals surface area contributed by atoms with Gasteiger partial charge in [-0.1, -0.05) is 36.4 Å². The van der Waals surface area contributed by atoms with E-state index in [0.29, 0.717) is 15.6 Å². The van der Waals surface area contributed by atoms with E-state index < -0.39 is 4.92 Å². The lowest BCUT2D eigenvalue weighted by molar-refractivity contribution is -0.384. The molecule has 27 heavy (non-hydrogen) atoms. The number of amidine groups is 1. The van der Waals surface area contributed by atoms with Gasteiger partial charge in [0.2, 0.25) is 0 Å². The van der Waals surface area contributed by atoms with Gasteiger partial charge in [-0.05, 0) is 47.0 Å². The van der Waals surface area contributed by atoms with E-state index in [0.717, 1.165) is 16.5 Å². The fraction of sp³-hybridized carbons (Fsp3) is 0. The summed E-state index contributed by atoms with van der Waals surface area (Å²) in [4.78, 5) is 27.6. The zero-order chi connectivity index (χ0) is 18.8. The lowest BCUT2D eigenvalue weighted by Crippen LogP contribution is -2.19. The Balaban J connectivity index is 1.61. The first-order chi connectivity index (χ1) is 13.1. The summed E-state index contributed by atoms with van der Waals surface area (Å²) in [5, 5.41) is 16.1. The predicted octanol–water partition coefficient (Wildman–Crippen LogP) is 4.64. The van der Waals surface area contributed by atoms with E-state index >= 15 is 0 Å². The highest BCUT2D eigenvalue weighted by Gasteiger charge is 2.24. The molecule has 3 aromatic rings. The lowest BCUT2D eigenvalue weighted by Gasteiger charge is -2.02. The standard InChI is InChI=1S/C20H13N3O3S/c24-19-18(12-13-8-10-15(11-9-13)23(25)26)27-20(22-19)21-17-7-3-5-14-4-1-2-6-16(14)17/h1-12H,(H,21,22,24)/b18-12-. The minimum atomic E-state index is -0.455. The Hall–Kier alpha value is -3.45. The number of aliphatic imine (C=N–C) groups is 1. The van der Waals surface area contributed by atoms with Crippen molar-refractivity contribution in [1.82, 2.24) is 5.32 Å². The Kier molecular flexibility index (Phi) is 4.43. The van der Waals surface area contributed by atoms with Crippen LogP contribution in [-0.4, -0.2) is 16.0 Å². The summed E-state index contributed by atoms with van der Waals surface area (Å²) in [5.41, 5.74) is 1.51. The van der Waals surface area contributed by atoms with Crippen LogP contribution in [0.25, 0.3) is 16.8 Å². The van der Waals surface area contributed by atoms with Crippen LogP contribution in [0.15, 0.2) is 76.6 Å². The number of carbonyl (C=O) groups excluding carboxylic acids is 1. The van der Waals surface area contributed by atoms with Gasteiger partial charge in [0.25, 0.3) is 11.6 Å². The summed E-state index contributed by atoms with van der Waals surface area (Å²) in [6.45, 7) is 0. The van der Waals surface area contributed by atoms with Crippen molar-refractivity contribution in [3.63, 3.8) is 0 Å². The van der Waals surface area contributed by atoms with Gasteiger partial charge in [-0.2, -0.15) is 0 Å². The number of non-ortho nitro benzene ring substituents is 1. The Labute approximate surface area is 158 Å². The second-order valence-corrected chi connectivity index (χ2v) is 6.86. The van der Waals surface area contributed by atoms with Gasteiger partial charge >= 0.3 is 0 Å². The molecule has 1 amide bonds. The highest BCUT2D eigenvalue weighted by molar-refractivity contribution is 8.18. The third kappa shape index (κ3) is 3.58. The molecule has 1 N–H and O–H groups in total. The summed E-state index contributed by atoms with van der Waals surface area (Å²) < 4.78 is 0. The molecule has 1 aliphatic heterocycles. The largest absolute Gasteiger partial charge is 0.300 e. The molecule has 132 valence electrons. The number of benzene rings is 3. The Morgan fingerprint density at radius 3 is 2.52 bits per heavy atom. The lowest BCUT2D eigenvalue weighted by atomic mass is 10.1. The van der Waals surface area contributed by atoms with Crippen molar-refractivity contribution < 1.29 is 9.72 Å². The maximum absolute atomic E-state index is 12.2. The molecular formula is C20H13N3O3S. The van der Waals surface area contributed by atoms with Crippen molar-refractivity contribution >= 4 is 51.1 Å². The van der Waals surface area contributed by atoms with Gasteiger partial charge in [-0.25, -0.2) is 4.99 Å². The molecule has 0 radical (unpaired) electrons. The van der Waals surface area contributed by atoms with Crippen LogP contribution >= 0.6 is 11.8 Å². The molecule has 0 saturated carbocycles. The average molecular weight is 375 g/mol. The van der Waals surface area contributed by atoms with Crippen LogP contribution in [0.4, 0.5) is 11.4 Å². The van der Waals surface area contributed by atoms with Gasteiger partial charge in [0, 0.05) is 17.5 Å². The van der Waals surface area contributed by atoms with E-state index in [9.17, 15) is 14.9 Å². The summed E-state index contributed by atoms with van der Waals surface area (Å²) in [6, 6.07) is 19.8. The number of carbonyl (C=O) groups is 1. The first kappa shape index (κ1) is 17.0. The number of thioether (sulfide) groups is 1. The topological polar surface area (TPSA) is 84.6 Å². The molecule has 0 unspecified atom stereocenters. The fourth-order valence-corrected chi connectivity index (χ4v) is 3.57. The first-order valence-electron chi connectivity index (χ1n) is 8.12. The van der Waals surface area contributed by atoms with Crippen molar-refractivity contribution in [3.05, 3.63) is 87.3 Å². The molecule has 1 saturated heterocycles. The number of nitro groups is 1. The zero-order valence-corrected chi connectivity index (χ0v) is 14.8. The Bertz CT molecular complexity index is 1120. The third-order valence-electron chi connectivity index (χ3n) is 4.04. The highest BCUT2D eigenvalue weighted by Crippen LogP contribution is 2.31. The van der Waals surface area contributed by atoms with Crippen LogP contribution in [0.5, 0.6) is 0 Å². The van der Waals surface area contributed by atoms with Crippen LogP contribution in [0.2, 0.25) is 0 Å². The first-order valence-corrected chi connectivity index (χ1v) is 8.93. The van der Waals surface area contributed by atoms with Crippen molar-refractivity contribution in [2.45, 2.75) is 0 Å². The van der Waals surface area contributed by atoms with Gasteiger partial charge < -0.3 is 5.32 Å². The Morgan fingerprint density at radius 1 is 1.00 bits per heavy atom. The zero-order valence-electron chi connectivity index (χ0n) is 14.0. The molecule has 0 aromatic heterocycles. The maximum Gasteiger partial charge on any atom is 0.269 e. The molecular weight excluding hydrogens is 362 g/mol. The molecule has 0 atom stereocenters. The van der Waals surface area contributed by atoms with Gasteiger partial charge in [0.1, 0.15) is 0 Å². The number of nitrogens with zero attached hydrogens (tertiary/aromatic N) is 2. The van der Waals surface area contributed by atoms with E-state index in [1.807, 2.05) is 42.5 Å². The van der Waals surface area contributed by atoms with E-state index in [2.05, 4.69) is 10.3 Å². The minimum Gasteiger partial charge on any atom is -0.300 e. The van der Waals surface area contributed by atoms with Crippen molar-refractivity contribution in [2.24, 2.45) is 4.99 Å². The van der Waals surface area contributed by atoms with E-state index in [1.54, 1.807) is 18.2 Å². The molecule has 1 aliphatic rings. The van der Waals surface area contributed by atoms with Crippen molar-refractivity contribution in [1.29, 1.82) is 0 Å². The summed E-state index contributed by atoms with van der Waals surface area (Å²) in [5.74, 6) is -0.239. The molecule has 1 fully saturated rings. The van der Waals surface area contributed by atoms with Crippen LogP contribution < -0.4 is 5.32 Å². The van der Waals surface area contributed by atoms with Gasteiger partial charge in [-0.15, -0.1) is 0 Å². The summed E-state index contributed by atoms with van der Waals surface area (Å²) in [7, 11) is 0. The van der Waals surface area contributed by atoms with Gasteiger partial charge in [0.15, 0.2) is 5.17 Å². The Morgan fingerprint density at radius 2 is 1.74 bits per heavy atom. The number of fused-ring (bicyclic) bond motifs is 1. The van der Waals surface area contributed by atoms with Crippen LogP contribution in [0.1, 0.15) is 5.56 Å². The molecule has 3 aromatic carbocycles. The number of hydrogen-bond donors (Lipinski definition) is 1. The quantitative estimate of drug-likeness (QED) is 0.411. The van der Waals surface area contributed by atoms with E-state index in [-0.39, 0.29) is 11.6 Å². The van der Waals surface area contributed by atoms with E-state index in [4.69, 9.17) is 0 Å². The molecule has 6 nitrogen and oxygen atoms in total. The molecule has 0 aliphatic carbocycles. The second-order valence-electron chi connectivity index (χ2n) is 5.83. The van der Waals surface area contributed by atoms with E-state index in [1.165, 1.54) is 23.9 Å². The third-order valence-corrected chi connectivity index (χ3v) is 4.95. The minimum absolute atomic E-state index is 0.0129. The number of rotatable bonds is 3. The van der Waals surface area contributed by atoms with Crippen LogP contribution in [0, 0.1) is 10.1 Å². The molecule has 7 heteroatoms. The number of nitrogens with one attached hydrogen (secondary N) is 1. The molecule has 1 heterocycles. The highest BCUT2D eigenvalue weighted by atomic mass is 32.2. The summed E-state index contributed by atoms with van der Waals surface area (Å²) in [6.07, 6.45) is 1.69. The summed E-state index contributed by atoms with van der Waals surface area (Å²) >= 11 is 1.24. The van der Waals surface area contributed by atoms with Crippen LogP contribution in [-0.2, 0) is 4.79 Å². The van der Waals surface area contributed by atoms with Gasteiger partial charge in [0.05, 0.1) is 15.5 Å². The average Bonchev–Trinajstić information content (AvgIpc) is 3.01. The van der Waals surface area contributed by atoms with Gasteiger partial charge in [-0.3, -0.25) is 14.9 Å². The monoisotopic (exact) mass is 375 g/mol. The fourth-order valence-electron chi connectivity index (χ4n) is 2.74. The SMILES string of the molecule is O=C1NC(=Nc2cccc3ccccc23)S/C1=C\c1ccc([N+](=O)[O-])cc1.